The molecule has 1 heterocycles. The van der Waals surface area contributed by atoms with Crippen molar-refractivity contribution in [1.29, 1.82) is 0 Å². The Morgan fingerprint density at radius 3 is 2.33 bits per heavy atom. The van der Waals surface area contributed by atoms with E-state index in [0.29, 0.717) is 0 Å². The summed E-state index contributed by atoms with van der Waals surface area (Å²) in [6.45, 7) is 2.53. The van der Waals surface area contributed by atoms with E-state index in [1.54, 1.807) is 6.92 Å². The maximum absolute atomic E-state index is 14.6. The molecule has 0 saturated carbocycles. The molecule has 6 N–H and O–H groups in total. The van der Waals surface area contributed by atoms with Crippen LogP contribution in [0.3, 0.4) is 0 Å². The third kappa shape index (κ3) is 4.70. The fourth-order valence-electron chi connectivity index (χ4n) is 7.97. The Kier molecular flexibility index (Phi) is 9.09. The normalized spacial score (nSPS) is 30.2. The summed E-state index contributed by atoms with van der Waals surface area (Å²) in [4.78, 5) is 74.4. The first kappa shape index (κ1) is 36.7. The molecule has 3 aliphatic carbocycles. The molecular weight excluding hydrogens is 688 g/mol. The number of aliphatic hydroxyl groups excluding tert-OH is 2. The van der Waals surface area contributed by atoms with Crippen LogP contribution in [0.25, 0.3) is 0 Å². The molecule has 52 heavy (non-hydrogen) atoms. The van der Waals surface area contributed by atoms with E-state index in [2.05, 4.69) is 10.5 Å². The van der Waals surface area contributed by atoms with Crippen molar-refractivity contribution in [3.63, 3.8) is 0 Å². The number of Topliss-reactive ketones (excluding diaryl/α,β-unsaturated/α-hetero) is 3. The van der Waals surface area contributed by atoms with Crippen LogP contribution in [0.2, 0.25) is 0 Å². The number of hydrogen-bond donors (Lipinski definition) is 6. The van der Waals surface area contributed by atoms with Gasteiger partial charge in [-0.3, -0.25) is 19.2 Å². The number of phenolic OH excluding ortho intramolecular Hbond substituents is 2. The molecule has 7 atom stereocenters. The average Bonchev–Trinajstić information content (AvgIpc) is 3.09. The fraction of sp³-hybridized carbons (Fsp3) is 0.429. The van der Waals surface area contributed by atoms with Gasteiger partial charge in [-0.05, 0) is 31.0 Å². The lowest BCUT2D eigenvalue weighted by Crippen LogP contribution is -2.73. The Hall–Kier alpha value is -5.04. The zero-order valence-electron chi connectivity index (χ0n) is 28.8. The van der Waals surface area contributed by atoms with E-state index in [9.17, 15) is 49.5 Å². The number of benzene rings is 2. The first-order valence-corrected chi connectivity index (χ1v) is 16.0. The lowest BCUT2D eigenvalue weighted by Gasteiger charge is -2.52. The molecule has 0 bridgehead atoms. The molecule has 4 aliphatic rings. The lowest BCUT2D eigenvalue weighted by molar-refractivity contribution is -0.181. The number of fused-ring (bicyclic) bond motifs is 5. The third-order valence-corrected chi connectivity index (χ3v) is 10.3. The van der Waals surface area contributed by atoms with Crippen LogP contribution < -0.4 is 5.32 Å². The maximum Gasteiger partial charge on any atom is 0.341 e. The van der Waals surface area contributed by atoms with E-state index in [0.717, 1.165) is 26.4 Å². The summed E-state index contributed by atoms with van der Waals surface area (Å²) in [5.41, 5.74) is -9.96. The van der Waals surface area contributed by atoms with Gasteiger partial charge in [-0.1, -0.05) is 11.2 Å². The summed E-state index contributed by atoms with van der Waals surface area (Å²) in [6, 6.07) is 2.17. The van der Waals surface area contributed by atoms with Crippen LogP contribution in [0.1, 0.15) is 75.4 Å². The molecule has 6 rings (SSSR count). The fourth-order valence-corrected chi connectivity index (χ4v) is 7.97. The standard InChI is InChI=1S/C35H36N2O15/c1-12-7-14-8-20(40)35(50-5)31(45)23-16(30(44)34(35,47)24(14)28(43)21(12)33(46)49-4)9-15-22(27(23)42)19(39)10-18(26(15)41)36-32-17(11-38)25(37-51-6)29(48-3)13(2)52-32/h7,9-10,13,17,20,29,32,36,38,40,42-43,47H,8,11H2,1-6H3/b37-25+/t13-,17+,20+,29-,32-,34-,35+/m0/s1. The molecular formula is C35H36N2O15. The van der Waals surface area contributed by atoms with Gasteiger partial charge in [0, 0.05) is 43.4 Å². The number of hydrogen-bond acceptors (Lipinski definition) is 17. The topological polar surface area (TPSA) is 257 Å². The number of aromatic hydroxyl groups is 2. The second-order valence-electron chi connectivity index (χ2n) is 12.8. The Balaban J connectivity index is 1.51. The van der Waals surface area contributed by atoms with Gasteiger partial charge in [-0.2, -0.15) is 0 Å². The number of nitrogens with one attached hydrogen (secondary N) is 1. The number of methoxy groups -OCH3 is 3. The van der Waals surface area contributed by atoms with Gasteiger partial charge in [0.25, 0.3) is 0 Å². The van der Waals surface area contributed by atoms with E-state index in [-0.39, 0.29) is 22.5 Å². The molecule has 17 nitrogen and oxygen atoms in total. The Morgan fingerprint density at radius 2 is 1.73 bits per heavy atom. The minimum absolute atomic E-state index is 0.00924. The van der Waals surface area contributed by atoms with Crippen LogP contribution in [0.5, 0.6) is 11.5 Å². The zero-order chi connectivity index (χ0) is 38.2. The summed E-state index contributed by atoms with van der Waals surface area (Å²) in [5.74, 6) is -8.66. The maximum atomic E-state index is 14.6. The minimum atomic E-state index is -3.24. The van der Waals surface area contributed by atoms with Crippen molar-refractivity contribution < 1.29 is 73.3 Å². The van der Waals surface area contributed by atoms with Crippen molar-refractivity contribution in [3.05, 3.63) is 68.4 Å². The van der Waals surface area contributed by atoms with Crippen molar-refractivity contribution >= 4 is 34.8 Å². The van der Waals surface area contributed by atoms with Crippen molar-refractivity contribution in [2.45, 2.75) is 56.0 Å². The predicted octanol–water partition coefficient (Wildman–Crippen LogP) is -0.0150. The van der Waals surface area contributed by atoms with Gasteiger partial charge < -0.3 is 54.6 Å². The van der Waals surface area contributed by atoms with Gasteiger partial charge in [0.15, 0.2) is 17.0 Å². The Labute approximate surface area is 295 Å². The van der Waals surface area contributed by atoms with Gasteiger partial charge in [0.1, 0.15) is 36.5 Å². The van der Waals surface area contributed by atoms with Crippen molar-refractivity contribution in [1.82, 2.24) is 5.32 Å². The van der Waals surface area contributed by atoms with E-state index in [1.807, 2.05) is 0 Å². The number of aliphatic hydroxyl groups is 3. The Morgan fingerprint density at radius 1 is 1.04 bits per heavy atom. The second kappa shape index (κ2) is 12.9. The zero-order valence-corrected chi connectivity index (χ0v) is 28.8. The van der Waals surface area contributed by atoms with Crippen LogP contribution in [0, 0.1) is 12.8 Å². The van der Waals surface area contributed by atoms with E-state index in [4.69, 9.17) is 23.8 Å². The molecule has 0 spiro atoms. The number of allylic oxidation sites excluding steroid dienone is 2. The molecule has 0 aromatic heterocycles. The van der Waals surface area contributed by atoms with Crippen molar-refractivity contribution in [2.24, 2.45) is 11.1 Å². The number of ether oxygens (including phenoxy) is 4. The SMILES string of the molecule is CO/N=C1\[C@@H](CO)[C@@H](NC2=CC(=O)c3c(cc4c(c3O)C(=O)[C@]3(OC)[C@H](O)Cc5cc(C)c(C(=O)OC)c(O)c5[C@]3(O)C4=O)C2=O)O[C@@H](C)[C@@H]1OC. The molecule has 0 radical (unpaired) electrons. The highest BCUT2D eigenvalue weighted by atomic mass is 16.6. The molecule has 2 aromatic carbocycles. The van der Waals surface area contributed by atoms with Gasteiger partial charge in [-0.15, -0.1) is 0 Å². The number of nitrogens with zero attached hydrogens (tertiary/aromatic N) is 1. The number of phenols is 2. The van der Waals surface area contributed by atoms with Gasteiger partial charge >= 0.3 is 5.97 Å². The largest absolute Gasteiger partial charge is 0.507 e. The minimum Gasteiger partial charge on any atom is -0.507 e. The first-order chi connectivity index (χ1) is 24.6. The van der Waals surface area contributed by atoms with E-state index in [1.165, 1.54) is 27.2 Å². The summed E-state index contributed by atoms with van der Waals surface area (Å²) >= 11 is 0. The first-order valence-electron chi connectivity index (χ1n) is 16.0. The van der Waals surface area contributed by atoms with Crippen LogP contribution >= 0.6 is 0 Å². The number of aryl methyl sites for hydroxylation is 1. The quantitative estimate of drug-likeness (QED) is 0.162. The van der Waals surface area contributed by atoms with Gasteiger partial charge in [0.2, 0.25) is 17.3 Å². The number of rotatable bonds is 7. The summed E-state index contributed by atoms with van der Waals surface area (Å²) in [5, 5.41) is 63.9. The number of carbonyl (C=O) groups is 5. The molecule has 0 amide bonds. The highest BCUT2D eigenvalue weighted by Crippen LogP contribution is 2.56. The van der Waals surface area contributed by atoms with Crippen LogP contribution in [-0.4, -0.2) is 126 Å². The highest BCUT2D eigenvalue weighted by molar-refractivity contribution is 6.31. The molecule has 1 aliphatic heterocycles. The van der Waals surface area contributed by atoms with Crippen LogP contribution in [-0.2, 0) is 35.8 Å². The average molecular weight is 725 g/mol. The Bertz CT molecular complexity index is 2020. The summed E-state index contributed by atoms with van der Waals surface area (Å²) in [6.07, 6.45) is -4.18. The number of carbonyl (C=O) groups excluding carboxylic acids is 5. The lowest BCUT2D eigenvalue weighted by atomic mass is 9.56. The van der Waals surface area contributed by atoms with Crippen LogP contribution in [0.4, 0.5) is 0 Å². The van der Waals surface area contributed by atoms with Crippen molar-refractivity contribution in [3.8, 4) is 11.5 Å². The number of esters is 1. The van der Waals surface area contributed by atoms with Crippen molar-refractivity contribution in [2.75, 3.05) is 35.0 Å². The van der Waals surface area contributed by atoms with Gasteiger partial charge in [0.05, 0.1) is 54.4 Å². The van der Waals surface area contributed by atoms with E-state index >= 15 is 0 Å². The molecule has 2 aromatic rings. The highest BCUT2D eigenvalue weighted by Gasteiger charge is 2.72. The second-order valence-corrected chi connectivity index (χ2v) is 12.8. The van der Waals surface area contributed by atoms with E-state index < -0.39 is 129 Å². The number of oxime groups is 1. The third-order valence-electron chi connectivity index (χ3n) is 10.3. The monoisotopic (exact) mass is 724 g/mol. The number of ketones is 4. The summed E-state index contributed by atoms with van der Waals surface area (Å²) < 4.78 is 21.7. The smallest absolute Gasteiger partial charge is 0.341 e. The van der Waals surface area contributed by atoms with Gasteiger partial charge in [-0.25, -0.2) is 4.79 Å². The predicted molar refractivity (Wildman–Crippen MR) is 174 cm³/mol. The molecule has 17 heteroatoms. The molecule has 1 fully saturated rings. The molecule has 0 unspecified atom stereocenters. The molecule has 1 saturated heterocycles. The summed E-state index contributed by atoms with van der Waals surface area (Å²) in [7, 11) is 4.65. The molecule has 276 valence electrons. The van der Waals surface area contributed by atoms with Crippen LogP contribution in [0.15, 0.2) is 29.1 Å².